The molecule has 0 unspecified atom stereocenters. The molecule has 1 N–H and O–H groups in total. The van der Waals surface area contributed by atoms with Gasteiger partial charge in [-0.15, -0.1) is 12.4 Å². The highest BCUT2D eigenvalue weighted by molar-refractivity contribution is 6.30. The molecule has 0 amide bonds. The molecule has 0 aliphatic rings. The van der Waals surface area contributed by atoms with E-state index in [4.69, 9.17) is 31.2 Å². The van der Waals surface area contributed by atoms with Gasteiger partial charge in [-0.05, 0) is 48.9 Å². The Labute approximate surface area is 180 Å². The summed E-state index contributed by atoms with van der Waals surface area (Å²) in [6.45, 7) is -0.0228. The average Bonchev–Trinajstić information content (AvgIpc) is 2.66. The summed E-state index contributed by atoms with van der Waals surface area (Å²) in [5.74, 6) is -1.01. The van der Waals surface area contributed by atoms with Crippen molar-refractivity contribution in [3.63, 3.8) is 0 Å². The van der Waals surface area contributed by atoms with Gasteiger partial charge in [-0.25, -0.2) is 0 Å². The van der Waals surface area contributed by atoms with E-state index >= 15 is 0 Å². The van der Waals surface area contributed by atoms with Crippen molar-refractivity contribution in [1.82, 2.24) is 4.90 Å². The summed E-state index contributed by atoms with van der Waals surface area (Å²) >= 11 is 5.92. The maximum absolute atomic E-state index is 12.0. The van der Waals surface area contributed by atoms with Crippen LogP contribution >= 0.6 is 24.0 Å². The predicted molar refractivity (Wildman–Crippen MR) is 110 cm³/mol. The number of nitrogens with zero attached hydrogens (tertiary/aromatic N) is 1. The number of carboxylic acids is 1. The Bertz CT molecular complexity index is 800. The Morgan fingerprint density at radius 2 is 1.83 bits per heavy atom. The van der Waals surface area contributed by atoms with E-state index in [1.807, 2.05) is 12.1 Å². The summed E-state index contributed by atoms with van der Waals surface area (Å²) in [6, 6.07) is 13.5. The predicted octanol–water partition coefficient (Wildman–Crippen LogP) is 3.37. The molecule has 158 valence electrons. The van der Waals surface area contributed by atoms with Crippen LogP contribution < -0.4 is 4.89 Å². The van der Waals surface area contributed by atoms with Crippen molar-refractivity contribution in [2.24, 2.45) is 0 Å². The first-order valence-electron chi connectivity index (χ1n) is 8.51. The lowest BCUT2D eigenvalue weighted by molar-refractivity contribution is -0.217. The molecule has 0 heterocycles. The lowest BCUT2D eigenvalue weighted by Gasteiger charge is -2.24. The molecule has 0 aliphatic heterocycles. The van der Waals surface area contributed by atoms with Gasteiger partial charge in [0, 0.05) is 5.02 Å². The van der Waals surface area contributed by atoms with Gasteiger partial charge in [0.15, 0.2) is 5.75 Å². The van der Waals surface area contributed by atoms with Crippen LogP contribution in [0.3, 0.4) is 0 Å². The third-order valence-corrected chi connectivity index (χ3v) is 4.25. The number of rotatable bonds is 10. The molecule has 0 saturated carbocycles. The van der Waals surface area contributed by atoms with E-state index in [0.29, 0.717) is 17.2 Å². The third kappa shape index (κ3) is 8.29. The minimum atomic E-state index is -1.02. The number of ether oxygens (including phenoxy) is 1. The number of esters is 1. The van der Waals surface area contributed by atoms with Gasteiger partial charge >= 0.3 is 11.9 Å². The van der Waals surface area contributed by atoms with Gasteiger partial charge in [-0.1, -0.05) is 35.9 Å². The van der Waals surface area contributed by atoms with E-state index < -0.39 is 18.0 Å². The summed E-state index contributed by atoms with van der Waals surface area (Å²) in [7, 11) is 2.84. The Balaban J connectivity index is 0.00000420. The van der Waals surface area contributed by atoms with Crippen LogP contribution in [-0.4, -0.2) is 48.7 Å². The fourth-order valence-electron chi connectivity index (χ4n) is 2.58. The monoisotopic (exact) mass is 443 g/mol. The summed E-state index contributed by atoms with van der Waals surface area (Å²) in [6.07, 6.45) is 0.306. The molecule has 0 spiro atoms. The number of hydrogen-bond acceptors (Lipinski definition) is 6. The Morgan fingerprint density at radius 3 is 2.41 bits per heavy atom. The molecule has 2 rings (SSSR count). The lowest BCUT2D eigenvalue weighted by Crippen LogP contribution is -2.43. The van der Waals surface area contributed by atoms with Crippen molar-refractivity contribution in [2.75, 3.05) is 20.7 Å². The maximum atomic E-state index is 12.0. The minimum Gasteiger partial charge on any atom is -0.480 e. The summed E-state index contributed by atoms with van der Waals surface area (Å²) in [5.41, 5.74) is 1.71. The maximum Gasteiger partial charge on any atom is 0.323 e. The van der Waals surface area contributed by atoms with Crippen molar-refractivity contribution in [1.29, 1.82) is 0 Å². The summed E-state index contributed by atoms with van der Waals surface area (Å²) < 4.78 is 4.79. The molecular formula is C20H23Cl2NO6. The second kappa shape index (κ2) is 12.3. The van der Waals surface area contributed by atoms with Crippen molar-refractivity contribution in [2.45, 2.75) is 19.1 Å². The molecule has 0 aromatic heterocycles. The number of hydrogen-bond donors (Lipinski definition) is 1. The Kier molecular flexibility index (Phi) is 10.5. The van der Waals surface area contributed by atoms with E-state index in [9.17, 15) is 9.59 Å². The second-order valence-electron chi connectivity index (χ2n) is 6.17. The summed E-state index contributed by atoms with van der Waals surface area (Å²) in [5, 5.41) is 9.56. The number of carbonyl (C=O) groups is 2. The van der Waals surface area contributed by atoms with Crippen LogP contribution in [0.5, 0.6) is 5.75 Å². The van der Waals surface area contributed by atoms with Crippen molar-refractivity contribution in [3.8, 4) is 5.75 Å². The van der Waals surface area contributed by atoms with Gasteiger partial charge in [-0.3, -0.25) is 14.5 Å². The zero-order valence-electron chi connectivity index (χ0n) is 16.0. The largest absolute Gasteiger partial charge is 0.480 e. The fourth-order valence-corrected chi connectivity index (χ4v) is 2.79. The van der Waals surface area contributed by atoms with Gasteiger partial charge in [0.1, 0.15) is 12.6 Å². The summed E-state index contributed by atoms with van der Waals surface area (Å²) in [4.78, 5) is 34.8. The van der Waals surface area contributed by atoms with Crippen molar-refractivity contribution < 1.29 is 29.2 Å². The highest BCUT2D eigenvalue weighted by Gasteiger charge is 2.25. The third-order valence-electron chi connectivity index (χ3n) is 4.01. The smallest absolute Gasteiger partial charge is 0.323 e. The molecule has 0 saturated heterocycles. The van der Waals surface area contributed by atoms with E-state index in [2.05, 4.69) is 0 Å². The molecule has 7 nitrogen and oxygen atoms in total. The number of carbonyl (C=O) groups excluding carboxylic acids is 1. The Morgan fingerprint density at radius 1 is 1.14 bits per heavy atom. The zero-order chi connectivity index (χ0) is 20.5. The van der Waals surface area contributed by atoms with Crippen LogP contribution in [0.2, 0.25) is 5.02 Å². The highest BCUT2D eigenvalue weighted by Crippen LogP contribution is 2.17. The molecule has 2 aromatic rings. The van der Waals surface area contributed by atoms with Gasteiger partial charge in [0.25, 0.3) is 0 Å². The molecule has 0 aliphatic carbocycles. The second-order valence-corrected chi connectivity index (χ2v) is 6.61. The van der Waals surface area contributed by atoms with Gasteiger partial charge in [0.05, 0.1) is 13.7 Å². The van der Waals surface area contributed by atoms with E-state index in [0.717, 1.165) is 11.1 Å². The highest BCUT2D eigenvalue weighted by atomic mass is 35.5. The fraction of sp³-hybridized carbons (Fsp3) is 0.300. The number of likely N-dealkylation sites (N-methyl/N-ethyl adjacent to an activating group) is 1. The molecule has 2 aromatic carbocycles. The molecule has 9 heteroatoms. The average molecular weight is 444 g/mol. The first-order valence-corrected chi connectivity index (χ1v) is 8.89. The van der Waals surface area contributed by atoms with Crippen LogP contribution in [0.4, 0.5) is 0 Å². The van der Waals surface area contributed by atoms with Crippen molar-refractivity contribution in [3.05, 3.63) is 64.7 Å². The molecule has 0 radical (unpaired) electrons. The lowest BCUT2D eigenvalue weighted by atomic mass is 10.0. The molecule has 1 atom stereocenters. The number of benzene rings is 2. The van der Waals surface area contributed by atoms with E-state index in [1.54, 1.807) is 43.4 Å². The number of methoxy groups -OCH3 is 1. The van der Waals surface area contributed by atoms with Crippen LogP contribution in [0.15, 0.2) is 48.5 Å². The van der Waals surface area contributed by atoms with Crippen LogP contribution in [0.25, 0.3) is 0 Å². The van der Waals surface area contributed by atoms with Crippen molar-refractivity contribution >= 4 is 35.9 Å². The molecule has 0 fully saturated rings. The zero-order valence-corrected chi connectivity index (χ0v) is 17.6. The number of carboxylic acid groups (broad SMARTS) is 1. The quantitative estimate of drug-likeness (QED) is 0.342. The van der Waals surface area contributed by atoms with E-state index in [-0.39, 0.29) is 25.6 Å². The first kappa shape index (κ1) is 24.7. The molecular weight excluding hydrogens is 421 g/mol. The van der Waals surface area contributed by atoms with Crippen LogP contribution in [-0.2, 0) is 32.2 Å². The number of aliphatic carboxylic acids is 1. The normalized spacial score (nSPS) is 11.4. The van der Waals surface area contributed by atoms with Gasteiger partial charge in [0.2, 0.25) is 0 Å². The molecule has 29 heavy (non-hydrogen) atoms. The topological polar surface area (TPSA) is 85.3 Å². The van der Waals surface area contributed by atoms with Crippen LogP contribution in [0, 0.1) is 0 Å². The minimum absolute atomic E-state index is 0. The van der Waals surface area contributed by atoms with Gasteiger partial charge in [-0.2, -0.15) is 4.89 Å². The first-order chi connectivity index (χ1) is 13.4. The van der Waals surface area contributed by atoms with Gasteiger partial charge < -0.3 is 14.7 Å². The SMILES string of the molecule is COC(=O)[C@H](Cc1ccc(OOCc2cccc(Cl)c2)cc1)N(C)CC(=O)O.Cl. The standard InChI is InChI=1S/C20H22ClNO6.ClH/c1-22(12-19(23)24)18(20(25)26-2)11-14-6-8-17(9-7-14)28-27-13-15-4-3-5-16(21)10-15;/h3-10,18H,11-13H2,1-2H3,(H,23,24);1H/t18-;/m0./s1. The number of halogens is 2. The Hall–Kier alpha value is -2.32. The van der Waals surface area contributed by atoms with Crippen LogP contribution in [0.1, 0.15) is 11.1 Å². The molecule has 0 bridgehead atoms. The van der Waals surface area contributed by atoms with E-state index in [1.165, 1.54) is 12.0 Å².